The van der Waals surface area contributed by atoms with E-state index in [1.54, 1.807) is 15.6 Å². The van der Waals surface area contributed by atoms with Crippen LogP contribution in [0.4, 0.5) is 19.0 Å². The number of carboxylic acid groups (broad SMARTS) is 1. The number of fused-ring (bicyclic) bond motifs is 1. The van der Waals surface area contributed by atoms with Gasteiger partial charge in [-0.25, -0.2) is 4.98 Å². The number of aromatic nitrogens is 3. The van der Waals surface area contributed by atoms with Crippen LogP contribution in [0, 0.1) is 0 Å². The summed E-state index contributed by atoms with van der Waals surface area (Å²) < 4.78 is 41.1. The Hall–Kier alpha value is -2.58. The van der Waals surface area contributed by atoms with Gasteiger partial charge in [0.05, 0.1) is 36.5 Å². The van der Waals surface area contributed by atoms with Crippen LogP contribution in [0.15, 0.2) is 24.4 Å². The van der Waals surface area contributed by atoms with Crippen molar-refractivity contribution in [3.8, 4) is 0 Å². The molecule has 0 bridgehead atoms. The van der Waals surface area contributed by atoms with Crippen LogP contribution in [0.1, 0.15) is 23.4 Å². The number of hydrogen-bond donors (Lipinski definition) is 1. The highest BCUT2D eigenvalue weighted by Gasteiger charge is 2.36. The fourth-order valence-electron chi connectivity index (χ4n) is 2.73. The first kappa shape index (κ1) is 16.3. The summed E-state index contributed by atoms with van der Waals surface area (Å²) >= 11 is 0. The van der Waals surface area contributed by atoms with Crippen LogP contribution >= 0.6 is 0 Å². The number of halogens is 3. The molecule has 24 heavy (non-hydrogen) atoms. The Morgan fingerprint density at radius 2 is 2.12 bits per heavy atom. The van der Waals surface area contributed by atoms with Crippen LogP contribution < -0.4 is 4.90 Å². The number of carboxylic acids is 1. The summed E-state index contributed by atoms with van der Waals surface area (Å²) in [5.41, 5.74) is 0.621. The zero-order valence-electron chi connectivity index (χ0n) is 12.6. The van der Waals surface area contributed by atoms with Gasteiger partial charge in [-0.3, -0.25) is 9.48 Å². The van der Waals surface area contributed by atoms with Crippen LogP contribution in [0.5, 0.6) is 0 Å². The zero-order chi connectivity index (χ0) is 17.3. The van der Waals surface area contributed by atoms with Gasteiger partial charge in [0.2, 0.25) is 0 Å². The number of nitrogens with zero attached hydrogens (tertiary/aromatic N) is 4. The van der Waals surface area contributed by atoms with E-state index in [4.69, 9.17) is 5.11 Å². The molecule has 0 aromatic carbocycles. The van der Waals surface area contributed by atoms with Crippen LogP contribution in [-0.4, -0.2) is 32.4 Å². The highest BCUT2D eigenvalue weighted by Crippen LogP contribution is 2.36. The third-order valence-corrected chi connectivity index (χ3v) is 3.84. The summed E-state index contributed by atoms with van der Waals surface area (Å²) in [5.74, 6) is -1.00. The number of alkyl halides is 3. The number of rotatable bonds is 4. The van der Waals surface area contributed by atoms with E-state index >= 15 is 0 Å². The minimum Gasteiger partial charge on any atom is -0.481 e. The van der Waals surface area contributed by atoms with E-state index in [1.807, 2.05) is 0 Å². The topological polar surface area (TPSA) is 71.2 Å². The Kier molecular flexibility index (Phi) is 4.16. The number of aliphatic carboxylic acids is 1. The lowest BCUT2D eigenvalue weighted by atomic mass is 10.2. The van der Waals surface area contributed by atoms with E-state index in [1.165, 1.54) is 12.3 Å². The summed E-state index contributed by atoms with van der Waals surface area (Å²) in [6.07, 6.45) is -2.85. The molecule has 0 saturated carbocycles. The Labute approximate surface area is 135 Å². The third-order valence-electron chi connectivity index (χ3n) is 3.84. The zero-order valence-corrected chi connectivity index (χ0v) is 12.6. The van der Waals surface area contributed by atoms with Crippen LogP contribution in [-0.2, 0) is 30.5 Å². The molecule has 3 heterocycles. The van der Waals surface area contributed by atoms with Crippen molar-refractivity contribution in [2.45, 2.75) is 32.1 Å². The van der Waals surface area contributed by atoms with E-state index in [-0.39, 0.29) is 18.8 Å². The SMILES string of the molecule is O=C(O)CCc1cc2n(n1)CCN(c1ncccc1C(F)(F)F)C2. The summed E-state index contributed by atoms with van der Waals surface area (Å²) in [6.45, 7) is 1.03. The molecule has 6 nitrogen and oxygen atoms in total. The van der Waals surface area contributed by atoms with Gasteiger partial charge in [-0.1, -0.05) is 0 Å². The van der Waals surface area contributed by atoms with E-state index in [0.717, 1.165) is 11.8 Å². The monoisotopic (exact) mass is 340 g/mol. The van der Waals surface area contributed by atoms with E-state index in [9.17, 15) is 18.0 Å². The van der Waals surface area contributed by atoms with Crippen molar-refractivity contribution in [2.75, 3.05) is 11.4 Å². The Balaban J connectivity index is 1.82. The first-order chi connectivity index (χ1) is 11.3. The standard InChI is InChI=1S/C15H15F3N4O2/c16-15(17,18)12-2-1-5-19-14(12)21-6-7-22-11(9-21)8-10(20-22)3-4-13(23)24/h1-2,5,8H,3-4,6-7,9H2,(H,23,24). The second-order valence-corrected chi connectivity index (χ2v) is 5.54. The van der Waals surface area contributed by atoms with E-state index in [0.29, 0.717) is 25.2 Å². The lowest BCUT2D eigenvalue weighted by Gasteiger charge is -2.30. The van der Waals surface area contributed by atoms with Gasteiger partial charge >= 0.3 is 12.1 Å². The smallest absolute Gasteiger partial charge is 0.419 e. The molecule has 0 aliphatic carbocycles. The maximum atomic E-state index is 13.1. The molecular formula is C15H15F3N4O2. The number of aryl methyl sites for hydroxylation is 1. The van der Waals surface area contributed by atoms with Crippen molar-refractivity contribution in [2.24, 2.45) is 0 Å². The Morgan fingerprint density at radius 3 is 2.83 bits per heavy atom. The molecule has 128 valence electrons. The average Bonchev–Trinajstić information content (AvgIpc) is 2.94. The highest BCUT2D eigenvalue weighted by atomic mass is 19.4. The minimum absolute atomic E-state index is 0.0291. The molecule has 0 amide bonds. The Morgan fingerprint density at radius 1 is 1.33 bits per heavy atom. The van der Waals surface area contributed by atoms with Gasteiger partial charge in [0, 0.05) is 19.2 Å². The van der Waals surface area contributed by atoms with Gasteiger partial charge in [-0.15, -0.1) is 0 Å². The van der Waals surface area contributed by atoms with Gasteiger partial charge in [-0.2, -0.15) is 18.3 Å². The molecule has 0 atom stereocenters. The van der Waals surface area contributed by atoms with Crippen LogP contribution in [0.25, 0.3) is 0 Å². The largest absolute Gasteiger partial charge is 0.481 e. The van der Waals surface area contributed by atoms with Gasteiger partial charge in [0.25, 0.3) is 0 Å². The van der Waals surface area contributed by atoms with E-state index < -0.39 is 17.7 Å². The molecular weight excluding hydrogens is 325 g/mol. The molecule has 1 aliphatic heterocycles. The Bertz CT molecular complexity index is 757. The quantitative estimate of drug-likeness (QED) is 0.925. The third kappa shape index (κ3) is 3.34. The fraction of sp³-hybridized carbons (Fsp3) is 0.400. The predicted octanol–water partition coefficient (Wildman–Crippen LogP) is 2.33. The molecule has 1 aliphatic rings. The van der Waals surface area contributed by atoms with Crippen LogP contribution in [0.2, 0.25) is 0 Å². The molecule has 0 fully saturated rings. The first-order valence-corrected chi connectivity index (χ1v) is 7.39. The maximum Gasteiger partial charge on any atom is 0.419 e. The number of hydrogen-bond acceptors (Lipinski definition) is 4. The van der Waals surface area contributed by atoms with Gasteiger partial charge in [0.15, 0.2) is 0 Å². The second kappa shape index (κ2) is 6.14. The van der Waals surface area contributed by atoms with E-state index in [2.05, 4.69) is 10.1 Å². The van der Waals surface area contributed by atoms with Crippen molar-refractivity contribution in [1.82, 2.24) is 14.8 Å². The number of anilines is 1. The maximum absolute atomic E-state index is 13.1. The normalized spacial score (nSPS) is 14.5. The lowest BCUT2D eigenvalue weighted by Crippen LogP contribution is -2.35. The van der Waals surface area contributed by atoms with Crippen molar-refractivity contribution < 1.29 is 23.1 Å². The van der Waals surface area contributed by atoms with Gasteiger partial charge in [0.1, 0.15) is 5.82 Å². The number of pyridine rings is 1. The first-order valence-electron chi connectivity index (χ1n) is 7.39. The van der Waals surface area contributed by atoms with Gasteiger partial charge < -0.3 is 10.0 Å². The molecule has 0 spiro atoms. The predicted molar refractivity (Wildman–Crippen MR) is 78.5 cm³/mol. The molecule has 2 aromatic rings. The summed E-state index contributed by atoms with van der Waals surface area (Å²) in [5, 5.41) is 13.0. The van der Waals surface area contributed by atoms with Crippen molar-refractivity contribution in [1.29, 1.82) is 0 Å². The molecule has 0 saturated heterocycles. The van der Waals surface area contributed by atoms with Crippen molar-refractivity contribution >= 4 is 11.8 Å². The summed E-state index contributed by atoms with van der Waals surface area (Å²) in [7, 11) is 0. The molecule has 2 aromatic heterocycles. The molecule has 1 N–H and O–H groups in total. The second-order valence-electron chi connectivity index (χ2n) is 5.54. The molecule has 3 rings (SSSR count). The minimum atomic E-state index is -4.46. The highest BCUT2D eigenvalue weighted by molar-refractivity contribution is 5.67. The molecule has 0 radical (unpaired) electrons. The van der Waals surface area contributed by atoms with Crippen LogP contribution in [0.3, 0.4) is 0 Å². The van der Waals surface area contributed by atoms with Gasteiger partial charge in [-0.05, 0) is 18.2 Å². The average molecular weight is 340 g/mol. The fourth-order valence-corrected chi connectivity index (χ4v) is 2.73. The summed E-state index contributed by atoms with van der Waals surface area (Å²) in [6, 6.07) is 4.03. The lowest BCUT2D eigenvalue weighted by molar-refractivity contribution is -0.138. The van der Waals surface area contributed by atoms with Crippen molar-refractivity contribution in [3.63, 3.8) is 0 Å². The van der Waals surface area contributed by atoms with Crippen molar-refractivity contribution in [3.05, 3.63) is 41.3 Å². The molecule has 9 heteroatoms. The number of carbonyl (C=O) groups is 1. The molecule has 0 unspecified atom stereocenters. The summed E-state index contributed by atoms with van der Waals surface area (Å²) in [4.78, 5) is 16.1.